The first-order chi connectivity index (χ1) is 51.2. The molecular formula is C76H107ClF6N12O14. The van der Waals surface area contributed by atoms with Crippen molar-refractivity contribution in [3.63, 3.8) is 0 Å². The van der Waals surface area contributed by atoms with Gasteiger partial charge in [-0.3, -0.25) is 57.5 Å². The molecule has 2 aromatic rings. The average Bonchev–Trinajstić information content (AvgIpc) is 1.76. The lowest BCUT2D eigenvalue weighted by molar-refractivity contribution is -0.161. The monoisotopic (exact) mass is 1560 g/mol. The van der Waals surface area contributed by atoms with Crippen molar-refractivity contribution in [2.45, 2.75) is 229 Å². The molecule has 6 fully saturated rings. The number of benzene rings is 2. The molecule has 33 heteroatoms. The molecule has 109 heavy (non-hydrogen) atoms. The summed E-state index contributed by atoms with van der Waals surface area (Å²) in [6.07, 6.45) is -9.24. The van der Waals surface area contributed by atoms with E-state index in [9.17, 15) is 41.0 Å². The predicted octanol–water partition coefficient (Wildman–Crippen LogP) is 5.45. The lowest BCUT2D eigenvalue weighted by atomic mass is 9.90. The van der Waals surface area contributed by atoms with Gasteiger partial charge in [0.05, 0.1) is 48.4 Å². The van der Waals surface area contributed by atoms with E-state index in [1.54, 1.807) is 20.8 Å². The molecule has 8 rings (SSSR count). The summed E-state index contributed by atoms with van der Waals surface area (Å²) in [6, 6.07) is -6.03. The number of aliphatic hydroxyl groups is 1. The molecular weight excluding hydrogens is 1450 g/mol. The number of carbonyl (C=O) groups is 12. The second-order valence-corrected chi connectivity index (χ2v) is 31.2. The van der Waals surface area contributed by atoms with Crippen LogP contribution in [0.25, 0.3) is 0 Å². The highest BCUT2D eigenvalue weighted by Gasteiger charge is 2.53. The van der Waals surface area contributed by atoms with E-state index in [1.165, 1.54) is 71.6 Å². The van der Waals surface area contributed by atoms with Gasteiger partial charge in [-0.25, -0.2) is 0 Å². The first kappa shape index (κ1) is 86.5. The van der Waals surface area contributed by atoms with Crippen LogP contribution in [0.2, 0.25) is 5.02 Å². The molecule has 0 unspecified atom stereocenters. The molecule has 4 aliphatic heterocycles. The number of nitrogens with zero attached hydrogens (tertiary/aromatic N) is 9. The third-order valence-corrected chi connectivity index (χ3v) is 23.1. The van der Waals surface area contributed by atoms with Crippen LogP contribution in [0.1, 0.15) is 160 Å². The minimum absolute atomic E-state index is 0.00298. The summed E-state index contributed by atoms with van der Waals surface area (Å²) >= 11 is 6.15. The normalized spacial score (nSPS) is 27.2. The van der Waals surface area contributed by atoms with Crippen LogP contribution in [0.5, 0.6) is 0 Å². The number of morpholine rings is 1. The maximum Gasteiger partial charge on any atom is 0.417 e. The number of likely N-dealkylation sites (N-methyl/N-ethyl adjacent to an activating group) is 5. The van der Waals surface area contributed by atoms with Gasteiger partial charge in [-0.05, 0) is 118 Å². The summed E-state index contributed by atoms with van der Waals surface area (Å²) in [5, 5.41) is 19.2. The first-order valence-electron chi connectivity index (χ1n) is 38.0. The molecule has 1 spiro atoms. The molecule has 12 amide bonds. The molecule has 4 N–H and O–H groups in total. The zero-order valence-corrected chi connectivity index (χ0v) is 64.9. The van der Waals surface area contributed by atoms with E-state index in [0.29, 0.717) is 44.9 Å². The molecule has 2 aliphatic carbocycles. The van der Waals surface area contributed by atoms with Gasteiger partial charge in [0.15, 0.2) is 0 Å². The fourth-order valence-corrected chi connectivity index (χ4v) is 16.2. The number of aliphatic hydroxyl groups excluding tert-OH is 1. The van der Waals surface area contributed by atoms with E-state index < -0.39 is 210 Å². The number of hydrogen-bond acceptors (Lipinski definition) is 14. The highest BCUT2D eigenvalue weighted by atomic mass is 35.5. The number of hydrogen-bond donors (Lipinski definition) is 4. The van der Waals surface area contributed by atoms with E-state index >= 15 is 47.9 Å². The van der Waals surface area contributed by atoms with Crippen LogP contribution in [-0.4, -0.2) is 274 Å². The van der Waals surface area contributed by atoms with E-state index in [-0.39, 0.29) is 101 Å². The Morgan fingerprint density at radius 1 is 0.688 bits per heavy atom. The fraction of sp³-hybridized carbons (Fsp3) is 0.684. The molecule has 6 aliphatic rings. The summed E-state index contributed by atoms with van der Waals surface area (Å²) in [6.45, 7) is 9.22. The van der Waals surface area contributed by atoms with Crippen LogP contribution in [0.15, 0.2) is 42.5 Å². The van der Waals surface area contributed by atoms with Gasteiger partial charge in [0, 0.05) is 80.8 Å². The van der Waals surface area contributed by atoms with Crippen LogP contribution in [-0.2, 0) is 87.5 Å². The Morgan fingerprint density at radius 3 is 1.89 bits per heavy atom. The highest BCUT2D eigenvalue weighted by molar-refractivity contribution is 6.31. The van der Waals surface area contributed by atoms with Gasteiger partial charge in [0.25, 0.3) is 0 Å². The van der Waals surface area contributed by atoms with Gasteiger partial charge < -0.3 is 69.9 Å². The van der Waals surface area contributed by atoms with E-state index in [2.05, 4.69) is 16.0 Å². The van der Waals surface area contributed by atoms with Crippen LogP contribution in [0, 0.1) is 17.8 Å². The smallest absolute Gasteiger partial charge is 0.391 e. The van der Waals surface area contributed by atoms with Crippen molar-refractivity contribution in [2.75, 3.05) is 87.7 Å². The van der Waals surface area contributed by atoms with Crippen LogP contribution < -0.4 is 16.0 Å². The molecule has 604 valence electrons. The number of aryl methyl sites for hydroxylation is 1. The molecule has 26 nitrogen and oxygen atoms in total. The average molecular weight is 1560 g/mol. The molecule has 0 bridgehead atoms. The van der Waals surface area contributed by atoms with Crippen molar-refractivity contribution in [3.05, 3.63) is 69.7 Å². The molecule has 2 saturated carbocycles. The van der Waals surface area contributed by atoms with Gasteiger partial charge in [-0.15, -0.1) is 0 Å². The summed E-state index contributed by atoms with van der Waals surface area (Å²) in [5.41, 5.74) is -3.58. The lowest BCUT2D eigenvalue weighted by Crippen LogP contribution is -2.65. The Hall–Kier alpha value is -8.13. The maximum atomic E-state index is 15.8. The van der Waals surface area contributed by atoms with Gasteiger partial charge >= 0.3 is 12.4 Å². The third kappa shape index (κ3) is 20.3. The van der Waals surface area contributed by atoms with Gasteiger partial charge in [0.1, 0.15) is 59.9 Å². The minimum atomic E-state index is -4.84. The summed E-state index contributed by atoms with van der Waals surface area (Å²) in [7, 11) is 6.74. The van der Waals surface area contributed by atoms with Crippen molar-refractivity contribution < 1.29 is 93.7 Å². The second kappa shape index (κ2) is 36.8. The Balaban J connectivity index is 1.22. The van der Waals surface area contributed by atoms with Gasteiger partial charge in [-0.2, -0.15) is 26.3 Å². The molecule has 11 atom stereocenters. The van der Waals surface area contributed by atoms with Gasteiger partial charge in [-0.1, -0.05) is 96.5 Å². The first-order valence-corrected chi connectivity index (χ1v) is 38.3. The zero-order valence-electron chi connectivity index (χ0n) is 64.1. The molecule has 2 aromatic carbocycles. The van der Waals surface area contributed by atoms with E-state index in [1.807, 2.05) is 13.8 Å². The van der Waals surface area contributed by atoms with E-state index in [0.717, 1.165) is 57.2 Å². The Morgan fingerprint density at radius 2 is 1.32 bits per heavy atom. The topological polar surface area (TPSA) is 300 Å². The van der Waals surface area contributed by atoms with Crippen LogP contribution >= 0.6 is 11.6 Å². The summed E-state index contributed by atoms with van der Waals surface area (Å²) < 4.78 is 89.4. The predicted molar refractivity (Wildman–Crippen MR) is 388 cm³/mol. The highest BCUT2D eigenvalue weighted by Crippen LogP contribution is 2.39. The standard InChI is InChI=1S/C76H107ClF6N12O14/c1-12-31-93-59(39-48-20-24-50(25-21-48)75(78,79)80)68(103)87(7)43-60(97)84-54(27-23-47-22-26-52(53(77)38-47)76(81,82)83)67(102)95-42-51(96)40-57(95)65(100)86-74(29-16-17-30-74)73(108)91(11)63(49-18-14-15-19-49)72(107)90(10)58(69(104)92-33-35-109-36-34-92)41-61(98)89(9)56(37-44(3)4)64(99)85-62(45(5)13-2)71(106)88(8)46(6)66(101)94-32-28-55(94)70(93)105/h20-22,24-26,38,44-46,49,51,54-59,62-63,96H,12-19,23,27-37,39-43H2,1-11H3,(H,84,97)(H,85,99)(H,86,100)/t45-,46-,51-,54-,55-,56-,57-,58-,59-,62-,63+/m0/s1. The fourth-order valence-electron chi connectivity index (χ4n) is 15.9. The number of nitrogens with one attached hydrogen (secondary N) is 3. The Kier molecular flexibility index (Phi) is 29.2. The lowest BCUT2D eigenvalue weighted by Gasteiger charge is -2.46. The number of rotatable bonds is 13. The second-order valence-electron chi connectivity index (χ2n) is 30.8. The number of amides is 12. The number of halogens is 7. The van der Waals surface area contributed by atoms with Crippen molar-refractivity contribution >= 4 is 82.5 Å². The molecule has 0 radical (unpaired) electrons. The number of fused-ring (bicyclic) bond motifs is 2. The Bertz CT molecular complexity index is 3650. The van der Waals surface area contributed by atoms with Crippen molar-refractivity contribution in [2.24, 2.45) is 17.8 Å². The van der Waals surface area contributed by atoms with Crippen LogP contribution in [0.3, 0.4) is 0 Å². The third-order valence-electron chi connectivity index (χ3n) is 22.8. The van der Waals surface area contributed by atoms with Crippen molar-refractivity contribution in [3.8, 4) is 0 Å². The largest absolute Gasteiger partial charge is 0.417 e. The Labute approximate surface area is 637 Å². The zero-order chi connectivity index (χ0) is 80.5. The SMILES string of the molecule is CCCN1C(=O)[C@@H]2CCN2C(=O)[C@H](C)N(C)C(=O)[C@H]([C@@H](C)CC)NC(=O)[C@H](CC(C)C)N(C)C(=O)C[C@@H](C(=O)N2CCOCC2)N(C)C(=O)[C@@H](C2CCCC2)N(C)C(=O)C2(CCCC2)NC(=O)[C@@H]2C[C@H](O)CN2C(=O)[C@H](CCc2ccc(C(F)(F)F)c(Cl)c2)NC(=O)CN(C)C(=O)[C@@H]1Cc1ccc(C(F)(F)F)cc1. The van der Waals surface area contributed by atoms with Gasteiger partial charge in [0.2, 0.25) is 70.9 Å². The molecule has 4 saturated heterocycles. The molecule has 4 heterocycles. The summed E-state index contributed by atoms with van der Waals surface area (Å²) in [5.74, 6) is -10.8. The minimum Gasteiger partial charge on any atom is -0.391 e. The molecule has 0 aromatic heterocycles. The number of alkyl halides is 6. The maximum absolute atomic E-state index is 15.8. The number of ether oxygens (including phenoxy) is 1. The van der Waals surface area contributed by atoms with Crippen molar-refractivity contribution in [1.82, 2.24) is 60.0 Å². The quantitative estimate of drug-likeness (QED) is 0.181. The van der Waals surface area contributed by atoms with Crippen LogP contribution in [0.4, 0.5) is 26.3 Å². The van der Waals surface area contributed by atoms with E-state index in [4.69, 9.17) is 16.3 Å². The summed E-state index contributed by atoms with van der Waals surface area (Å²) in [4.78, 5) is 193. The number of carbonyl (C=O) groups excluding carboxylic acids is 12. The van der Waals surface area contributed by atoms with Crippen molar-refractivity contribution in [1.29, 1.82) is 0 Å².